The number of urea groups is 1. The van der Waals surface area contributed by atoms with E-state index in [1.165, 1.54) is 6.07 Å². The average Bonchev–Trinajstić information content (AvgIpc) is 2.54. The van der Waals surface area contributed by atoms with Crippen LogP contribution in [0, 0.1) is 0 Å². The van der Waals surface area contributed by atoms with E-state index in [1.54, 1.807) is 0 Å². The SMILES string of the molecule is O=C(Nc1cc(C(F)(F)F)cc(C(F)(F)F)c1)Nc1ccc(Cl)cc1C(=O)O. The van der Waals surface area contributed by atoms with Crippen molar-refractivity contribution in [3.63, 3.8) is 0 Å². The lowest BCUT2D eigenvalue weighted by Crippen LogP contribution is -2.22. The van der Waals surface area contributed by atoms with Gasteiger partial charge in [0.2, 0.25) is 0 Å². The van der Waals surface area contributed by atoms with Gasteiger partial charge in [-0.25, -0.2) is 9.59 Å². The van der Waals surface area contributed by atoms with E-state index in [-0.39, 0.29) is 16.8 Å². The quantitative estimate of drug-likeness (QED) is 0.549. The minimum Gasteiger partial charge on any atom is -0.478 e. The largest absolute Gasteiger partial charge is 0.478 e. The van der Waals surface area contributed by atoms with Crippen LogP contribution < -0.4 is 10.6 Å². The number of hydrogen-bond acceptors (Lipinski definition) is 2. The van der Waals surface area contributed by atoms with Gasteiger partial charge in [0.25, 0.3) is 0 Å². The number of benzene rings is 2. The average molecular weight is 427 g/mol. The Kier molecular flexibility index (Phi) is 5.78. The van der Waals surface area contributed by atoms with Crippen molar-refractivity contribution >= 4 is 35.0 Å². The molecule has 0 atom stereocenters. The van der Waals surface area contributed by atoms with Gasteiger partial charge in [-0.05, 0) is 36.4 Å². The zero-order valence-corrected chi connectivity index (χ0v) is 14.1. The first kappa shape index (κ1) is 21.4. The number of carbonyl (C=O) groups excluding carboxylic acids is 1. The first-order valence-electron chi connectivity index (χ1n) is 7.17. The van der Waals surface area contributed by atoms with Crippen molar-refractivity contribution < 1.29 is 41.0 Å². The number of aromatic carboxylic acids is 1. The van der Waals surface area contributed by atoms with E-state index < -0.39 is 46.7 Å². The molecule has 150 valence electrons. The molecule has 0 heterocycles. The van der Waals surface area contributed by atoms with Gasteiger partial charge in [-0.1, -0.05) is 11.6 Å². The van der Waals surface area contributed by atoms with Crippen molar-refractivity contribution in [3.05, 3.63) is 58.1 Å². The Balaban J connectivity index is 2.33. The maximum atomic E-state index is 12.8. The Labute approximate surface area is 157 Å². The summed E-state index contributed by atoms with van der Waals surface area (Å²) in [5.74, 6) is -1.46. The fraction of sp³-hybridized carbons (Fsp3) is 0.125. The number of carboxylic acids is 1. The molecule has 0 aromatic heterocycles. The molecule has 12 heteroatoms. The highest BCUT2D eigenvalue weighted by Gasteiger charge is 2.37. The molecule has 5 nitrogen and oxygen atoms in total. The summed E-state index contributed by atoms with van der Waals surface area (Å²) in [6, 6.07) is 2.63. The molecular weight excluding hydrogens is 418 g/mol. The van der Waals surface area contributed by atoms with Gasteiger partial charge >= 0.3 is 24.4 Å². The minimum absolute atomic E-state index is 0.0380. The first-order chi connectivity index (χ1) is 12.8. The van der Waals surface area contributed by atoms with E-state index in [0.717, 1.165) is 12.1 Å². The molecule has 0 unspecified atom stereocenters. The molecule has 0 spiro atoms. The number of anilines is 2. The van der Waals surface area contributed by atoms with Crippen LogP contribution in [0.25, 0.3) is 0 Å². The molecule has 0 bridgehead atoms. The van der Waals surface area contributed by atoms with Gasteiger partial charge in [0.15, 0.2) is 0 Å². The van der Waals surface area contributed by atoms with Crippen molar-refractivity contribution in [2.45, 2.75) is 12.4 Å². The number of alkyl halides is 6. The predicted octanol–water partition coefficient (Wildman–Crippen LogP) is 5.72. The van der Waals surface area contributed by atoms with Crippen LogP contribution in [0.1, 0.15) is 21.5 Å². The topological polar surface area (TPSA) is 78.4 Å². The van der Waals surface area contributed by atoms with E-state index in [0.29, 0.717) is 12.1 Å². The molecular formula is C16H9ClF6N2O3. The Hall–Kier alpha value is -2.95. The fourth-order valence-corrected chi connectivity index (χ4v) is 2.29. The lowest BCUT2D eigenvalue weighted by Gasteiger charge is -2.15. The van der Waals surface area contributed by atoms with Crippen molar-refractivity contribution in [2.75, 3.05) is 10.6 Å². The van der Waals surface area contributed by atoms with Gasteiger partial charge in [-0.2, -0.15) is 26.3 Å². The van der Waals surface area contributed by atoms with E-state index in [2.05, 4.69) is 0 Å². The summed E-state index contributed by atoms with van der Waals surface area (Å²) >= 11 is 5.64. The fourth-order valence-electron chi connectivity index (χ4n) is 2.11. The molecule has 2 rings (SSSR count). The maximum Gasteiger partial charge on any atom is 0.416 e. The number of halogens is 7. The van der Waals surface area contributed by atoms with Crippen LogP contribution >= 0.6 is 11.6 Å². The van der Waals surface area contributed by atoms with Crippen LogP contribution in [0.3, 0.4) is 0 Å². The molecule has 0 radical (unpaired) electrons. The van der Waals surface area contributed by atoms with E-state index in [9.17, 15) is 35.9 Å². The molecule has 0 fully saturated rings. The van der Waals surface area contributed by atoms with E-state index >= 15 is 0 Å². The summed E-state index contributed by atoms with van der Waals surface area (Å²) in [5, 5.41) is 13.0. The Morgan fingerprint density at radius 3 is 1.86 bits per heavy atom. The first-order valence-corrected chi connectivity index (χ1v) is 7.55. The van der Waals surface area contributed by atoms with Gasteiger partial charge in [0.1, 0.15) is 0 Å². The maximum absolute atomic E-state index is 12.8. The Bertz CT molecular complexity index is 895. The normalized spacial score (nSPS) is 11.8. The molecule has 0 aliphatic rings. The van der Waals surface area contributed by atoms with Gasteiger partial charge in [-0.15, -0.1) is 0 Å². The third kappa shape index (κ3) is 5.28. The third-order valence-electron chi connectivity index (χ3n) is 3.31. The van der Waals surface area contributed by atoms with Gasteiger partial charge in [0, 0.05) is 10.7 Å². The van der Waals surface area contributed by atoms with Crippen molar-refractivity contribution in [1.29, 1.82) is 0 Å². The van der Waals surface area contributed by atoms with Crippen molar-refractivity contribution in [2.24, 2.45) is 0 Å². The lowest BCUT2D eigenvalue weighted by atomic mass is 10.1. The molecule has 0 aliphatic heterocycles. The van der Waals surface area contributed by atoms with Crippen LogP contribution in [0.4, 0.5) is 42.5 Å². The summed E-state index contributed by atoms with van der Waals surface area (Å²) in [5.41, 5.74) is -4.71. The molecule has 0 saturated carbocycles. The van der Waals surface area contributed by atoms with Crippen LogP contribution in [0.5, 0.6) is 0 Å². The zero-order chi connectivity index (χ0) is 21.3. The highest BCUT2D eigenvalue weighted by Crippen LogP contribution is 2.37. The number of hydrogen-bond donors (Lipinski definition) is 3. The van der Waals surface area contributed by atoms with Crippen molar-refractivity contribution in [1.82, 2.24) is 0 Å². The smallest absolute Gasteiger partial charge is 0.416 e. The van der Waals surface area contributed by atoms with Gasteiger partial charge < -0.3 is 15.7 Å². The molecule has 3 N–H and O–H groups in total. The molecule has 0 saturated heterocycles. The number of nitrogens with one attached hydrogen (secondary N) is 2. The summed E-state index contributed by atoms with van der Waals surface area (Å²) in [4.78, 5) is 23.1. The highest BCUT2D eigenvalue weighted by atomic mass is 35.5. The number of carbonyl (C=O) groups is 2. The standard InChI is InChI=1S/C16H9ClF6N2O3/c17-9-1-2-12(11(6-9)13(26)27)25-14(28)24-10-4-7(15(18,19)20)3-8(5-10)16(21,22)23/h1-6H,(H,26,27)(H2,24,25,28). The minimum atomic E-state index is -5.08. The summed E-state index contributed by atoms with van der Waals surface area (Å²) < 4.78 is 77.0. The summed E-state index contributed by atoms with van der Waals surface area (Å²) in [6.07, 6.45) is -10.2. The number of carboxylic acid groups (broad SMARTS) is 1. The van der Waals surface area contributed by atoms with Crippen molar-refractivity contribution in [3.8, 4) is 0 Å². The second kappa shape index (κ2) is 7.58. The summed E-state index contributed by atoms with van der Waals surface area (Å²) in [6.45, 7) is 0. The molecule has 2 aromatic rings. The zero-order valence-electron chi connectivity index (χ0n) is 13.4. The number of rotatable bonds is 3. The van der Waals surface area contributed by atoms with Gasteiger partial charge in [0.05, 0.1) is 22.4 Å². The second-order valence-corrected chi connectivity index (χ2v) is 5.81. The monoisotopic (exact) mass is 426 g/mol. The highest BCUT2D eigenvalue weighted by molar-refractivity contribution is 6.31. The Morgan fingerprint density at radius 2 is 1.39 bits per heavy atom. The van der Waals surface area contributed by atoms with Crippen LogP contribution in [0.15, 0.2) is 36.4 Å². The van der Waals surface area contributed by atoms with Gasteiger partial charge in [-0.3, -0.25) is 0 Å². The van der Waals surface area contributed by atoms with E-state index in [4.69, 9.17) is 16.7 Å². The second-order valence-electron chi connectivity index (χ2n) is 5.37. The van der Waals surface area contributed by atoms with Crippen LogP contribution in [-0.4, -0.2) is 17.1 Å². The molecule has 0 aliphatic carbocycles. The predicted molar refractivity (Wildman–Crippen MR) is 87.5 cm³/mol. The van der Waals surface area contributed by atoms with E-state index in [1.807, 2.05) is 10.6 Å². The molecule has 28 heavy (non-hydrogen) atoms. The Morgan fingerprint density at radius 1 is 0.857 bits per heavy atom. The van der Waals surface area contributed by atoms with Crippen LogP contribution in [-0.2, 0) is 12.4 Å². The van der Waals surface area contributed by atoms with Crippen LogP contribution in [0.2, 0.25) is 5.02 Å². The lowest BCUT2D eigenvalue weighted by molar-refractivity contribution is -0.143. The summed E-state index contributed by atoms with van der Waals surface area (Å²) in [7, 11) is 0. The number of amides is 2. The molecule has 2 amide bonds. The third-order valence-corrected chi connectivity index (χ3v) is 3.54. The molecule has 2 aromatic carbocycles.